The average molecular weight is 639 g/mol. The number of rotatable bonds is 13. The molecule has 0 radical (unpaired) electrons. The molecule has 12 N–H and O–H groups in total. The molecule has 0 saturated heterocycles. The first-order valence-corrected chi connectivity index (χ1v) is 16.0. The Kier molecular flexibility index (Phi) is 14.4. The zero-order chi connectivity index (χ0) is 33.6. The Morgan fingerprint density at radius 3 is 2.50 bits per heavy atom. The third-order valence-corrected chi connectivity index (χ3v) is 8.19. The normalized spacial score (nSPS) is 19.4. The van der Waals surface area contributed by atoms with Gasteiger partial charge in [-0.05, 0) is 66.6 Å². The summed E-state index contributed by atoms with van der Waals surface area (Å²) in [5.41, 5.74) is 26.5. The van der Waals surface area contributed by atoms with Crippen LogP contribution in [0.1, 0.15) is 49.7 Å². The number of amides is 4. The van der Waals surface area contributed by atoms with Crippen molar-refractivity contribution in [1.82, 2.24) is 20.9 Å². The van der Waals surface area contributed by atoms with Crippen LogP contribution in [0.4, 0.5) is 0 Å². The van der Waals surface area contributed by atoms with Gasteiger partial charge < -0.3 is 48.9 Å². The molecule has 1 aliphatic heterocycles. The maximum absolute atomic E-state index is 13.8. The van der Waals surface area contributed by atoms with Crippen molar-refractivity contribution in [2.45, 2.75) is 75.5 Å². The largest absolute Gasteiger partial charge is 0.508 e. The number of unbranched alkanes of at least 4 members (excludes halogenated alkanes) is 1. The molecule has 0 saturated carbocycles. The summed E-state index contributed by atoms with van der Waals surface area (Å²) in [6, 6.07) is 9.67. The fourth-order valence-electron chi connectivity index (χ4n) is 5.51. The monoisotopic (exact) mass is 638 g/mol. The molecule has 0 fully saturated rings. The number of hydrogen-bond acceptors (Lipinski definition) is 9. The van der Waals surface area contributed by atoms with Crippen molar-refractivity contribution in [2.24, 2.45) is 22.9 Å². The molecule has 0 unspecified atom stereocenters. The van der Waals surface area contributed by atoms with Crippen LogP contribution in [-0.4, -0.2) is 91.0 Å². The number of fused-ring (bicyclic) bond motifs is 5. The van der Waals surface area contributed by atoms with Crippen molar-refractivity contribution in [1.29, 1.82) is 0 Å². The molecule has 4 amide bonds. The molecule has 2 aromatic carbocycles. The van der Waals surface area contributed by atoms with Gasteiger partial charge in [0.1, 0.15) is 17.8 Å². The summed E-state index contributed by atoms with van der Waals surface area (Å²) >= 11 is 0. The zero-order valence-electron chi connectivity index (χ0n) is 26.7. The molecule has 13 heteroatoms. The number of carbonyl (C=O) groups is 4. The van der Waals surface area contributed by atoms with E-state index in [4.69, 9.17) is 22.9 Å². The number of phenolic OH excluding ortho intramolecular Hbond substituents is 1. The van der Waals surface area contributed by atoms with Crippen LogP contribution in [-0.2, 0) is 32.0 Å². The molecule has 0 aromatic heterocycles. The van der Waals surface area contributed by atoms with Crippen LogP contribution in [0, 0.1) is 0 Å². The summed E-state index contributed by atoms with van der Waals surface area (Å²) in [6.07, 6.45) is 3.20. The first kappa shape index (κ1) is 36.4. The first-order valence-electron chi connectivity index (χ1n) is 16.0. The minimum Gasteiger partial charge on any atom is -0.508 e. The highest BCUT2D eigenvalue weighted by Gasteiger charge is 2.33. The predicted molar refractivity (Wildman–Crippen MR) is 177 cm³/mol. The fourth-order valence-corrected chi connectivity index (χ4v) is 5.51. The average Bonchev–Trinajstić information content (AvgIpc) is 3.04. The highest BCUT2D eigenvalue weighted by Crippen LogP contribution is 2.28. The molecule has 2 aromatic rings. The zero-order valence-corrected chi connectivity index (χ0v) is 26.7. The quantitative estimate of drug-likeness (QED) is 0.133. The Morgan fingerprint density at radius 2 is 1.76 bits per heavy atom. The molecule has 4 bridgehead atoms. The second kappa shape index (κ2) is 18.2. The van der Waals surface area contributed by atoms with Gasteiger partial charge in [0.2, 0.25) is 23.6 Å². The van der Waals surface area contributed by atoms with E-state index in [9.17, 15) is 24.3 Å². The lowest BCUT2D eigenvalue weighted by Gasteiger charge is -2.31. The van der Waals surface area contributed by atoms with Crippen molar-refractivity contribution in [2.75, 3.05) is 33.2 Å². The molecule has 0 aliphatic carbocycles. The van der Waals surface area contributed by atoms with Crippen molar-refractivity contribution in [3.8, 4) is 16.9 Å². The van der Waals surface area contributed by atoms with Gasteiger partial charge in [-0.15, -0.1) is 0 Å². The molecule has 3 rings (SSSR count). The number of phenols is 1. The minimum absolute atomic E-state index is 0.0229. The molecule has 1 aliphatic rings. The number of nitrogens with zero attached hydrogens (tertiary/aromatic N) is 1. The predicted octanol–water partition coefficient (Wildman–Crippen LogP) is -0.385. The Morgan fingerprint density at radius 1 is 1.00 bits per heavy atom. The van der Waals surface area contributed by atoms with Crippen molar-refractivity contribution in [3.05, 3.63) is 53.6 Å². The Bertz CT molecular complexity index is 1340. The lowest BCUT2D eigenvalue weighted by atomic mass is 9.95. The van der Waals surface area contributed by atoms with Crippen LogP contribution >= 0.6 is 0 Å². The summed E-state index contributed by atoms with van der Waals surface area (Å²) in [7, 11) is 1.56. The van der Waals surface area contributed by atoms with E-state index in [0.717, 1.165) is 16.7 Å². The third kappa shape index (κ3) is 10.8. The number of benzene rings is 2. The molecular formula is C33H50N8O5. The maximum Gasteiger partial charge on any atom is 0.245 e. The van der Waals surface area contributed by atoms with Crippen LogP contribution in [0.2, 0.25) is 0 Å². The first-order chi connectivity index (χ1) is 22.0. The van der Waals surface area contributed by atoms with Gasteiger partial charge in [0.05, 0.1) is 6.04 Å². The highest BCUT2D eigenvalue weighted by molar-refractivity contribution is 5.93. The standard InChI is InChI=1S/C33H50N8O5/c1-41-28(32(45)39-14-3-2-8-25(36)20-30(43)38-15-13-35)17-21-6-4-7-22(16-21)23-10-11-29(42)24(18-23)19-26(37)31(44)40-27(33(41)46)9-5-12-34/h4,6-7,10-11,16,18,25-28,42H,2-3,5,8-9,12-15,17,19-20,34-37H2,1H3,(H,38,43)(H,39,45)(H,40,44)/t25-,26-,27-,28-/m0/s1. The summed E-state index contributed by atoms with van der Waals surface area (Å²) in [5.74, 6) is -1.41. The summed E-state index contributed by atoms with van der Waals surface area (Å²) in [5, 5.41) is 18.9. The van der Waals surface area contributed by atoms with Crippen LogP contribution < -0.4 is 38.9 Å². The minimum atomic E-state index is -1.02. The van der Waals surface area contributed by atoms with E-state index < -0.39 is 29.9 Å². The smallest absolute Gasteiger partial charge is 0.245 e. The molecule has 1 heterocycles. The Hall–Kier alpha value is -4.04. The van der Waals surface area contributed by atoms with Gasteiger partial charge in [-0.1, -0.05) is 36.8 Å². The van der Waals surface area contributed by atoms with Gasteiger partial charge in [0, 0.05) is 52.0 Å². The molecule has 252 valence electrons. The molecular weight excluding hydrogens is 588 g/mol. The molecule has 46 heavy (non-hydrogen) atoms. The van der Waals surface area contributed by atoms with Gasteiger partial charge in [0.25, 0.3) is 0 Å². The summed E-state index contributed by atoms with van der Waals surface area (Å²) < 4.78 is 0. The molecule has 13 nitrogen and oxygen atoms in total. The van der Waals surface area contributed by atoms with Crippen LogP contribution in [0.25, 0.3) is 11.1 Å². The number of nitrogens with one attached hydrogen (secondary N) is 3. The van der Waals surface area contributed by atoms with Gasteiger partial charge in [-0.2, -0.15) is 0 Å². The lowest BCUT2D eigenvalue weighted by Crippen LogP contribution is -2.57. The van der Waals surface area contributed by atoms with E-state index in [2.05, 4.69) is 16.0 Å². The van der Waals surface area contributed by atoms with Crippen LogP contribution in [0.3, 0.4) is 0 Å². The van der Waals surface area contributed by atoms with Crippen LogP contribution in [0.5, 0.6) is 5.75 Å². The van der Waals surface area contributed by atoms with Crippen LogP contribution in [0.15, 0.2) is 42.5 Å². The topological polar surface area (TPSA) is 232 Å². The summed E-state index contributed by atoms with van der Waals surface area (Å²) in [6.45, 7) is 1.45. The Balaban J connectivity index is 1.81. The van der Waals surface area contributed by atoms with Gasteiger partial charge in [0.15, 0.2) is 0 Å². The van der Waals surface area contributed by atoms with E-state index in [1.54, 1.807) is 25.2 Å². The molecule has 0 spiro atoms. The van der Waals surface area contributed by atoms with Crippen molar-refractivity contribution >= 4 is 23.6 Å². The second-order valence-electron chi connectivity index (χ2n) is 11.9. The lowest BCUT2D eigenvalue weighted by molar-refractivity contribution is -0.142. The fraction of sp³-hybridized carbons (Fsp3) is 0.515. The number of hydrogen-bond donors (Lipinski definition) is 8. The molecule has 4 atom stereocenters. The Labute approximate surface area is 270 Å². The van der Waals surface area contributed by atoms with Gasteiger partial charge in [-0.3, -0.25) is 19.2 Å². The van der Waals surface area contributed by atoms with E-state index >= 15 is 0 Å². The van der Waals surface area contributed by atoms with E-state index in [1.807, 2.05) is 24.3 Å². The SMILES string of the molecule is CN1C(=O)[C@H](CCCN)NC(=O)[C@@H](N)Cc2cc(ccc2O)-c2cccc(c2)C[C@H]1C(=O)NCCCC[C@H](N)CC(=O)NCCN. The van der Waals surface area contributed by atoms with Crippen molar-refractivity contribution in [3.63, 3.8) is 0 Å². The summed E-state index contributed by atoms with van der Waals surface area (Å²) in [4.78, 5) is 53.9. The van der Waals surface area contributed by atoms with Gasteiger partial charge in [-0.25, -0.2) is 0 Å². The second-order valence-corrected chi connectivity index (χ2v) is 11.9. The number of likely N-dealkylation sites (N-methyl/N-ethyl adjacent to an activating group) is 1. The van der Waals surface area contributed by atoms with Gasteiger partial charge >= 0.3 is 0 Å². The number of aromatic hydroxyl groups is 1. The van der Waals surface area contributed by atoms with Crippen molar-refractivity contribution < 1.29 is 24.3 Å². The van der Waals surface area contributed by atoms with E-state index in [0.29, 0.717) is 57.4 Å². The van der Waals surface area contributed by atoms with E-state index in [1.165, 1.54) is 4.90 Å². The third-order valence-electron chi connectivity index (χ3n) is 8.19. The number of nitrogens with two attached hydrogens (primary N) is 4. The maximum atomic E-state index is 13.8. The number of carbonyl (C=O) groups excluding carboxylic acids is 4. The highest BCUT2D eigenvalue weighted by atomic mass is 16.3. The van der Waals surface area contributed by atoms with E-state index in [-0.39, 0.29) is 49.3 Å².